The molecule has 8 heteroatoms. The third-order valence-electron chi connectivity index (χ3n) is 6.24. The SMILES string of the molecule is CCOC(=O)CCCCN(CCc1nc(C)ccc1OCc1ccc(Br)cc1)Cc1ccc(C(=O)OC)cc1. The van der Waals surface area contributed by atoms with E-state index in [9.17, 15) is 9.59 Å². The molecule has 0 radical (unpaired) electrons. The second-order valence-electron chi connectivity index (χ2n) is 9.29. The number of esters is 2. The quantitative estimate of drug-likeness (QED) is 0.150. The standard InChI is InChI=1S/C31H37BrN2O5/c1-4-38-30(35)7-5-6-19-34(21-24-9-13-26(14-10-24)31(36)37-3)20-18-28-29(17-8-23(2)33-28)39-22-25-11-15-27(32)16-12-25/h8-17H,4-7,18-22H2,1-3H3. The molecule has 2 aromatic carbocycles. The van der Waals surface area contributed by atoms with Gasteiger partial charge < -0.3 is 14.2 Å². The minimum atomic E-state index is -0.349. The molecule has 0 saturated heterocycles. The molecule has 0 aliphatic rings. The number of aromatic nitrogens is 1. The summed E-state index contributed by atoms with van der Waals surface area (Å²) in [7, 11) is 1.38. The molecule has 0 aliphatic heterocycles. The maximum atomic E-state index is 11.8. The zero-order valence-electron chi connectivity index (χ0n) is 23.0. The van der Waals surface area contributed by atoms with Crippen molar-refractivity contribution in [2.75, 3.05) is 26.8 Å². The van der Waals surface area contributed by atoms with E-state index in [0.717, 1.165) is 65.1 Å². The summed E-state index contributed by atoms with van der Waals surface area (Å²) in [6.45, 7) is 6.97. The summed E-state index contributed by atoms with van der Waals surface area (Å²) in [4.78, 5) is 30.7. The molecule has 0 bridgehead atoms. The molecule has 1 heterocycles. The lowest BCUT2D eigenvalue weighted by Crippen LogP contribution is -2.27. The van der Waals surface area contributed by atoms with E-state index in [-0.39, 0.29) is 11.9 Å². The molecular weight excluding hydrogens is 560 g/mol. The van der Waals surface area contributed by atoms with Crippen molar-refractivity contribution in [3.8, 4) is 5.75 Å². The first kappa shape index (κ1) is 30.3. The molecule has 39 heavy (non-hydrogen) atoms. The van der Waals surface area contributed by atoms with Gasteiger partial charge in [-0.25, -0.2) is 4.79 Å². The number of unbranched alkanes of at least 4 members (excludes halogenated alkanes) is 1. The molecule has 3 rings (SSSR count). The van der Waals surface area contributed by atoms with Crippen LogP contribution in [-0.4, -0.2) is 48.6 Å². The Bertz CT molecular complexity index is 1200. The van der Waals surface area contributed by atoms with Crippen molar-refractivity contribution in [1.82, 2.24) is 9.88 Å². The summed E-state index contributed by atoms with van der Waals surface area (Å²) >= 11 is 3.47. The number of rotatable bonds is 15. The summed E-state index contributed by atoms with van der Waals surface area (Å²) < 4.78 is 17.1. The van der Waals surface area contributed by atoms with Gasteiger partial charge in [0, 0.05) is 36.1 Å². The number of aryl methyl sites for hydroxylation is 1. The van der Waals surface area contributed by atoms with Crippen LogP contribution in [0.4, 0.5) is 0 Å². The van der Waals surface area contributed by atoms with E-state index in [1.54, 1.807) is 12.1 Å². The Morgan fingerprint density at radius 1 is 0.923 bits per heavy atom. The van der Waals surface area contributed by atoms with Crippen molar-refractivity contribution >= 4 is 27.9 Å². The summed E-state index contributed by atoms with van der Waals surface area (Å²) in [6.07, 6.45) is 2.77. The summed E-state index contributed by atoms with van der Waals surface area (Å²) in [5, 5.41) is 0. The topological polar surface area (TPSA) is 78.0 Å². The predicted octanol–water partition coefficient (Wildman–Crippen LogP) is 6.30. The Balaban J connectivity index is 1.66. The molecule has 0 aliphatic carbocycles. The second-order valence-corrected chi connectivity index (χ2v) is 10.2. The van der Waals surface area contributed by atoms with Gasteiger partial charge in [-0.15, -0.1) is 0 Å². The van der Waals surface area contributed by atoms with Gasteiger partial charge in [-0.1, -0.05) is 40.2 Å². The first-order valence-corrected chi connectivity index (χ1v) is 14.1. The van der Waals surface area contributed by atoms with Crippen molar-refractivity contribution in [1.29, 1.82) is 0 Å². The van der Waals surface area contributed by atoms with Crippen molar-refractivity contribution in [3.05, 3.63) is 93.2 Å². The minimum Gasteiger partial charge on any atom is -0.487 e. The number of ether oxygens (including phenoxy) is 3. The van der Waals surface area contributed by atoms with Crippen LogP contribution in [0.15, 0.2) is 65.1 Å². The molecule has 0 saturated carbocycles. The normalized spacial score (nSPS) is 10.9. The van der Waals surface area contributed by atoms with Crippen LogP contribution in [-0.2, 0) is 33.8 Å². The lowest BCUT2D eigenvalue weighted by Gasteiger charge is -2.23. The van der Waals surface area contributed by atoms with E-state index >= 15 is 0 Å². The van der Waals surface area contributed by atoms with Gasteiger partial charge in [-0.2, -0.15) is 0 Å². The maximum absolute atomic E-state index is 11.8. The van der Waals surface area contributed by atoms with Gasteiger partial charge in [-0.3, -0.25) is 14.7 Å². The minimum absolute atomic E-state index is 0.154. The molecule has 1 aromatic heterocycles. The number of pyridine rings is 1. The van der Waals surface area contributed by atoms with Crippen LogP contribution in [0.2, 0.25) is 0 Å². The molecule has 0 amide bonds. The highest BCUT2D eigenvalue weighted by Gasteiger charge is 2.13. The maximum Gasteiger partial charge on any atom is 0.337 e. The first-order valence-electron chi connectivity index (χ1n) is 13.3. The van der Waals surface area contributed by atoms with Crippen LogP contribution < -0.4 is 4.74 Å². The van der Waals surface area contributed by atoms with E-state index in [1.807, 2.05) is 62.4 Å². The molecule has 0 unspecified atom stereocenters. The van der Waals surface area contributed by atoms with Crippen LogP contribution in [0, 0.1) is 6.92 Å². The Labute approximate surface area is 239 Å². The highest BCUT2D eigenvalue weighted by atomic mass is 79.9. The molecule has 3 aromatic rings. The lowest BCUT2D eigenvalue weighted by atomic mass is 10.1. The molecule has 0 fully saturated rings. The van der Waals surface area contributed by atoms with Crippen LogP contribution in [0.1, 0.15) is 59.1 Å². The zero-order valence-corrected chi connectivity index (χ0v) is 24.5. The highest BCUT2D eigenvalue weighted by molar-refractivity contribution is 9.10. The summed E-state index contributed by atoms with van der Waals surface area (Å²) in [5.74, 6) is 0.283. The van der Waals surface area contributed by atoms with Crippen molar-refractivity contribution < 1.29 is 23.8 Å². The van der Waals surface area contributed by atoms with Gasteiger partial charge in [-0.05, 0) is 80.8 Å². The predicted molar refractivity (Wildman–Crippen MR) is 155 cm³/mol. The largest absolute Gasteiger partial charge is 0.487 e. The molecule has 7 nitrogen and oxygen atoms in total. The van der Waals surface area contributed by atoms with Gasteiger partial charge in [0.25, 0.3) is 0 Å². The Kier molecular flexibility index (Phi) is 12.4. The number of hydrogen-bond acceptors (Lipinski definition) is 7. The Morgan fingerprint density at radius 2 is 1.64 bits per heavy atom. The number of carbonyl (C=O) groups excluding carboxylic acids is 2. The van der Waals surface area contributed by atoms with Gasteiger partial charge in [0.1, 0.15) is 12.4 Å². The molecule has 208 valence electrons. The molecule has 0 N–H and O–H groups in total. The Hall–Kier alpha value is -3.23. The van der Waals surface area contributed by atoms with E-state index in [2.05, 4.69) is 20.8 Å². The van der Waals surface area contributed by atoms with Gasteiger partial charge >= 0.3 is 11.9 Å². The first-order chi connectivity index (χ1) is 18.9. The van der Waals surface area contributed by atoms with Crippen molar-refractivity contribution in [2.45, 2.75) is 52.7 Å². The van der Waals surface area contributed by atoms with E-state index in [4.69, 9.17) is 19.2 Å². The van der Waals surface area contributed by atoms with Crippen molar-refractivity contribution in [2.24, 2.45) is 0 Å². The van der Waals surface area contributed by atoms with Gasteiger partial charge in [0.15, 0.2) is 0 Å². The molecule has 0 spiro atoms. The summed E-state index contributed by atoms with van der Waals surface area (Å²) in [5.41, 5.74) is 4.57. The highest BCUT2D eigenvalue weighted by Crippen LogP contribution is 2.21. The second kappa shape index (κ2) is 16.0. The number of halogens is 1. The van der Waals surface area contributed by atoms with Gasteiger partial charge in [0.05, 0.1) is 25.0 Å². The van der Waals surface area contributed by atoms with E-state index in [1.165, 1.54) is 7.11 Å². The van der Waals surface area contributed by atoms with Crippen molar-refractivity contribution in [3.63, 3.8) is 0 Å². The number of carbonyl (C=O) groups is 2. The van der Waals surface area contributed by atoms with Crippen LogP contribution in [0.25, 0.3) is 0 Å². The van der Waals surface area contributed by atoms with E-state index < -0.39 is 0 Å². The Morgan fingerprint density at radius 3 is 2.33 bits per heavy atom. The third-order valence-corrected chi connectivity index (χ3v) is 6.76. The summed E-state index contributed by atoms with van der Waals surface area (Å²) in [6, 6.07) is 19.5. The monoisotopic (exact) mass is 596 g/mol. The molecule has 0 atom stereocenters. The lowest BCUT2D eigenvalue weighted by molar-refractivity contribution is -0.143. The fraction of sp³-hybridized carbons (Fsp3) is 0.387. The fourth-order valence-electron chi connectivity index (χ4n) is 4.14. The average molecular weight is 598 g/mol. The average Bonchev–Trinajstić information content (AvgIpc) is 2.94. The zero-order chi connectivity index (χ0) is 28.0. The smallest absolute Gasteiger partial charge is 0.337 e. The van der Waals surface area contributed by atoms with E-state index in [0.29, 0.717) is 31.7 Å². The number of nitrogens with zero attached hydrogens (tertiary/aromatic N) is 2. The number of methoxy groups -OCH3 is 1. The number of hydrogen-bond donors (Lipinski definition) is 0. The number of benzene rings is 2. The van der Waals surface area contributed by atoms with Crippen LogP contribution in [0.5, 0.6) is 5.75 Å². The molecular formula is C31H37BrN2O5. The fourth-order valence-corrected chi connectivity index (χ4v) is 4.41. The van der Waals surface area contributed by atoms with Crippen LogP contribution >= 0.6 is 15.9 Å². The van der Waals surface area contributed by atoms with Gasteiger partial charge in [0.2, 0.25) is 0 Å². The van der Waals surface area contributed by atoms with Crippen LogP contribution in [0.3, 0.4) is 0 Å². The third kappa shape index (κ3) is 10.5.